The predicted molar refractivity (Wildman–Crippen MR) is 136 cm³/mol. The van der Waals surface area contributed by atoms with Crippen molar-refractivity contribution in [2.75, 3.05) is 25.4 Å². The van der Waals surface area contributed by atoms with E-state index in [-0.39, 0.29) is 28.4 Å². The Labute approximate surface area is 207 Å². The molecule has 2 heterocycles. The van der Waals surface area contributed by atoms with Crippen molar-refractivity contribution in [3.63, 3.8) is 0 Å². The maximum Gasteiger partial charge on any atom is 0.317 e. The topological polar surface area (TPSA) is 73.5 Å². The summed E-state index contributed by atoms with van der Waals surface area (Å²) < 4.78 is 0. The van der Waals surface area contributed by atoms with Gasteiger partial charge in [0.05, 0.1) is 10.9 Å². The third-order valence-corrected chi connectivity index (χ3v) is 10.7. The molecule has 2 saturated heterocycles. The number of likely N-dealkylation sites (tertiary alicyclic amines) is 1. The molecule has 3 amide bonds. The second-order valence-corrected chi connectivity index (χ2v) is 13.0. The summed E-state index contributed by atoms with van der Waals surface area (Å²) in [6.07, 6.45) is 10.4. The number of hydrogen-bond donors (Lipinski definition) is 3. The molecule has 0 radical (unpaired) electrons. The van der Waals surface area contributed by atoms with Crippen molar-refractivity contribution < 1.29 is 9.59 Å². The average Bonchev–Trinajstić information content (AvgIpc) is 3.22. The Morgan fingerprint density at radius 1 is 1.00 bits per heavy atom. The number of nitrogens with zero attached hydrogens (tertiary/aromatic N) is 1. The molecule has 4 aliphatic carbocycles. The van der Waals surface area contributed by atoms with E-state index in [2.05, 4.69) is 28.1 Å². The lowest BCUT2D eigenvalue weighted by molar-refractivity contribution is -0.122. The molecule has 7 heteroatoms. The molecule has 6 nitrogen and oxygen atoms in total. The van der Waals surface area contributed by atoms with Gasteiger partial charge in [-0.1, -0.05) is 30.3 Å². The van der Waals surface area contributed by atoms with E-state index in [0.717, 1.165) is 55.9 Å². The largest absolute Gasteiger partial charge is 0.354 e. The Kier molecular flexibility index (Phi) is 6.05. The number of carbonyl (C=O) groups excluding carboxylic acids is 2. The van der Waals surface area contributed by atoms with Crippen LogP contribution in [0.5, 0.6) is 0 Å². The molecule has 4 bridgehead atoms. The van der Waals surface area contributed by atoms with E-state index in [1.165, 1.54) is 44.1 Å². The number of nitrogens with one attached hydrogen (secondary N) is 3. The van der Waals surface area contributed by atoms with Crippen LogP contribution in [0.2, 0.25) is 0 Å². The molecule has 1 spiro atoms. The first-order valence-electron chi connectivity index (χ1n) is 13.3. The minimum atomic E-state index is -0.145. The van der Waals surface area contributed by atoms with Gasteiger partial charge in [0.2, 0.25) is 5.91 Å². The molecule has 4 saturated carbocycles. The van der Waals surface area contributed by atoms with Crippen molar-refractivity contribution in [2.45, 2.75) is 74.2 Å². The summed E-state index contributed by atoms with van der Waals surface area (Å²) in [5.74, 6) is 3.42. The van der Waals surface area contributed by atoms with Gasteiger partial charge in [-0.2, -0.15) is 0 Å². The van der Waals surface area contributed by atoms with Gasteiger partial charge < -0.3 is 15.5 Å². The fourth-order valence-corrected chi connectivity index (χ4v) is 9.23. The Hall–Kier alpha value is -1.73. The number of amides is 3. The molecular weight excluding hydrogens is 444 g/mol. The Balaban J connectivity index is 0.967. The smallest absolute Gasteiger partial charge is 0.317 e. The van der Waals surface area contributed by atoms with E-state index in [0.29, 0.717) is 6.54 Å². The van der Waals surface area contributed by atoms with Gasteiger partial charge in [-0.3, -0.25) is 10.1 Å². The highest BCUT2D eigenvalue weighted by Crippen LogP contribution is 2.55. The highest BCUT2D eigenvalue weighted by Gasteiger charge is 2.52. The minimum Gasteiger partial charge on any atom is -0.354 e. The van der Waals surface area contributed by atoms with Crippen LogP contribution in [0.15, 0.2) is 30.3 Å². The van der Waals surface area contributed by atoms with E-state index in [9.17, 15) is 9.59 Å². The average molecular weight is 483 g/mol. The van der Waals surface area contributed by atoms with E-state index in [1.807, 2.05) is 34.9 Å². The second-order valence-electron chi connectivity index (χ2n) is 11.6. The number of piperidine rings is 1. The van der Waals surface area contributed by atoms with Crippen LogP contribution in [0, 0.1) is 17.8 Å². The first-order valence-corrected chi connectivity index (χ1v) is 14.3. The van der Waals surface area contributed by atoms with Gasteiger partial charge in [0.1, 0.15) is 0 Å². The van der Waals surface area contributed by atoms with Crippen molar-refractivity contribution in [3.05, 3.63) is 35.9 Å². The van der Waals surface area contributed by atoms with Crippen LogP contribution in [-0.2, 0) is 11.2 Å². The molecule has 184 valence electrons. The first kappa shape index (κ1) is 22.7. The van der Waals surface area contributed by atoms with E-state index < -0.39 is 0 Å². The lowest BCUT2D eigenvalue weighted by atomic mass is 9.53. The fourth-order valence-electron chi connectivity index (χ4n) is 7.81. The third-order valence-electron chi connectivity index (χ3n) is 9.10. The van der Waals surface area contributed by atoms with Crippen LogP contribution in [0.1, 0.15) is 56.9 Å². The summed E-state index contributed by atoms with van der Waals surface area (Å²) in [6, 6.07) is 10.3. The Morgan fingerprint density at radius 2 is 1.65 bits per heavy atom. The van der Waals surface area contributed by atoms with Crippen LogP contribution in [0.4, 0.5) is 4.79 Å². The fraction of sp³-hybridized carbons (Fsp3) is 0.704. The number of urea groups is 1. The maximum absolute atomic E-state index is 13.2. The van der Waals surface area contributed by atoms with Gasteiger partial charge in [-0.25, -0.2) is 4.79 Å². The monoisotopic (exact) mass is 482 g/mol. The molecule has 1 aromatic carbocycles. The van der Waals surface area contributed by atoms with Crippen LogP contribution >= 0.6 is 11.8 Å². The molecule has 2 aliphatic heterocycles. The van der Waals surface area contributed by atoms with Crippen molar-refractivity contribution >= 4 is 23.7 Å². The normalized spacial score (nSPS) is 35.5. The first-order chi connectivity index (χ1) is 16.5. The standard InChI is InChI=1S/C27H38N4O2S/c32-24(28-9-6-19-4-2-1-3-5-19)23-18-34-27(29-23)7-10-31(11-8-27)25(33)30-26-15-20-12-21(16-26)14-22(13-20)17-26/h1-5,20-23,29H,6-18H2,(H,28,32)(H,30,33). The molecule has 3 N–H and O–H groups in total. The third kappa shape index (κ3) is 4.58. The molecule has 6 aliphatic rings. The van der Waals surface area contributed by atoms with Gasteiger partial charge >= 0.3 is 6.03 Å². The molecule has 1 aromatic rings. The molecule has 6 fully saturated rings. The number of benzene rings is 1. The van der Waals surface area contributed by atoms with Gasteiger partial charge in [0.25, 0.3) is 0 Å². The van der Waals surface area contributed by atoms with Gasteiger partial charge in [-0.15, -0.1) is 11.8 Å². The summed E-state index contributed by atoms with van der Waals surface area (Å²) in [4.78, 5) is 27.9. The molecule has 1 unspecified atom stereocenters. The highest BCUT2D eigenvalue weighted by atomic mass is 32.2. The quantitative estimate of drug-likeness (QED) is 0.600. The van der Waals surface area contributed by atoms with Crippen molar-refractivity contribution in [1.29, 1.82) is 0 Å². The van der Waals surface area contributed by atoms with Crippen molar-refractivity contribution in [3.8, 4) is 0 Å². The van der Waals surface area contributed by atoms with Gasteiger partial charge in [0.15, 0.2) is 0 Å². The molecular formula is C27H38N4O2S. The van der Waals surface area contributed by atoms with Crippen LogP contribution in [-0.4, -0.2) is 58.7 Å². The van der Waals surface area contributed by atoms with Crippen molar-refractivity contribution in [1.82, 2.24) is 20.9 Å². The second kappa shape index (κ2) is 9.05. The van der Waals surface area contributed by atoms with E-state index in [1.54, 1.807) is 0 Å². The van der Waals surface area contributed by atoms with Crippen LogP contribution in [0.3, 0.4) is 0 Å². The van der Waals surface area contributed by atoms with Crippen molar-refractivity contribution in [2.24, 2.45) is 17.8 Å². The zero-order valence-corrected chi connectivity index (χ0v) is 20.9. The Morgan fingerprint density at radius 3 is 2.29 bits per heavy atom. The van der Waals surface area contributed by atoms with E-state index in [4.69, 9.17) is 0 Å². The summed E-state index contributed by atoms with van der Waals surface area (Å²) >= 11 is 1.87. The van der Waals surface area contributed by atoms with Gasteiger partial charge in [0, 0.05) is 30.9 Å². The summed E-state index contributed by atoms with van der Waals surface area (Å²) in [5.41, 5.74) is 1.32. The lowest BCUT2D eigenvalue weighted by Gasteiger charge is -2.57. The van der Waals surface area contributed by atoms with Crippen LogP contribution in [0.25, 0.3) is 0 Å². The molecule has 0 aromatic heterocycles. The SMILES string of the molecule is O=C(NCCc1ccccc1)C1CSC2(CCN(C(=O)NC34CC5CC(CC(C5)C3)C4)CC2)N1. The Bertz CT molecular complexity index is 879. The number of hydrogen-bond acceptors (Lipinski definition) is 4. The molecule has 7 rings (SSSR count). The summed E-state index contributed by atoms with van der Waals surface area (Å²) in [6.45, 7) is 2.19. The molecule has 1 atom stereocenters. The minimum absolute atomic E-state index is 0.0705. The number of thioether (sulfide) groups is 1. The summed E-state index contributed by atoms with van der Waals surface area (Å²) in [5, 5.41) is 10.3. The summed E-state index contributed by atoms with van der Waals surface area (Å²) in [7, 11) is 0. The predicted octanol–water partition coefficient (Wildman–Crippen LogP) is 3.52. The number of rotatable bonds is 5. The van der Waals surface area contributed by atoms with Crippen LogP contribution < -0.4 is 16.0 Å². The van der Waals surface area contributed by atoms with E-state index >= 15 is 0 Å². The number of carbonyl (C=O) groups is 2. The zero-order chi connectivity index (χ0) is 23.2. The molecule has 34 heavy (non-hydrogen) atoms. The highest BCUT2D eigenvalue weighted by molar-refractivity contribution is 8.01. The van der Waals surface area contributed by atoms with Gasteiger partial charge in [-0.05, 0) is 81.1 Å². The zero-order valence-electron chi connectivity index (χ0n) is 20.1. The maximum atomic E-state index is 13.2. The lowest BCUT2D eigenvalue weighted by Crippen LogP contribution is -2.63.